The lowest BCUT2D eigenvalue weighted by molar-refractivity contribution is -0.144. The minimum atomic E-state index is -1.26. The summed E-state index contributed by atoms with van der Waals surface area (Å²) in [6.07, 6.45) is 2.89. The molecule has 1 unspecified atom stereocenters. The van der Waals surface area contributed by atoms with Crippen LogP contribution in [0.1, 0.15) is 49.9 Å². The summed E-state index contributed by atoms with van der Waals surface area (Å²) in [4.78, 5) is 23.7. The predicted octanol–water partition coefficient (Wildman–Crippen LogP) is 2.62. The maximum absolute atomic E-state index is 12.3. The molecule has 1 aliphatic rings. The SMILES string of the molecule is CCCC(C)(NC(=O)c1ccc(OC2CCOCC2)cc1)C(=O)O. The molecule has 0 aliphatic carbocycles. The van der Waals surface area contributed by atoms with E-state index >= 15 is 0 Å². The summed E-state index contributed by atoms with van der Waals surface area (Å²) < 4.78 is 11.2. The van der Waals surface area contributed by atoms with Crippen molar-refractivity contribution in [3.8, 4) is 5.75 Å². The van der Waals surface area contributed by atoms with Crippen molar-refractivity contribution >= 4 is 11.9 Å². The van der Waals surface area contributed by atoms with Gasteiger partial charge in [-0.15, -0.1) is 0 Å². The lowest BCUT2D eigenvalue weighted by Crippen LogP contribution is -2.52. The van der Waals surface area contributed by atoms with Crippen LogP contribution in [0.5, 0.6) is 5.75 Å². The number of rotatable bonds is 7. The molecule has 1 fully saturated rings. The second-order valence-corrected chi connectivity index (χ2v) is 6.30. The molecule has 132 valence electrons. The van der Waals surface area contributed by atoms with Gasteiger partial charge in [0.1, 0.15) is 17.4 Å². The van der Waals surface area contributed by atoms with Crippen molar-refractivity contribution in [3.63, 3.8) is 0 Å². The molecule has 6 heteroatoms. The first kappa shape index (κ1) is 18.3. The topological polar surface area (TPSA) is 84.9 Å². The molecule has 1 heterocycles. The van der Waals surface area contributed by atoms with Crippen molar-refractivity contribution in [2.24, 2.45) is 0 Å². The summed E-state index contributed by atoms with van der Waals surface area (Å²) in [5, 5.41) is 12.0. The van der Waals surface area contributed by atoms with E-state index in [1.165, 1.54) is 6.92 Å². The van der Waals surface area contributed by atoms with Gasteiger partial charge in [0.2, 0.25) is 0 Å². The number of benzene rings is 1. The number of hydrogen-bond acceptors (Lipinski definition) is 4. The summed E-state index contributed by atoms with van der Waals surface area (Å²) in [6.45, 7) is 4.82. The Morgan fingerprint density at radius 3 is 2.46 bits per heavy atom. The highest BCUT2D eigenvalue weighted by atomic mass is 16.5. The minimum Gasteiger partial charge on any atom is -0.490 e. The first-order chi connectivity index (χ1) is 11.4. The molecule has 6 nitrogen and oxygen atoms in total. The third-order valence-electron chi connectivity index (χ3n) is 4.20. The molecule has 1 amide bonds. The molecule has 24 heavy (non-hydrogen) atoms. The van der Waals surface area contributed by atoms with E-state index in [4.69, 9.17) is 9.47 Å². The van der Waals surface area contributed by atoms with Gasteiger partial charge in [0.25, 0.3) is 5.91 Å². The second kappa shape index (κ2) is 8.15. The van der Waals surface area contributed by atoms with Crippen molar-refractivity contribution in [1.82, 2.24) is 5.32 Å². The quantitative estimate of drug-likeness (QED) is 0.800. The van der Waals surface area contributed by atoms with Crippen LogP contribution in [0.4, 0.5) is 0 Å². The summed E-state index contributed by atoms with van der Waals surface area (Å²) in [5.74, 6) is -0.726. The Hall–Kier alpha value is -2.08. The van der Waals surface area contributed by atoms with Gasteiger partial charge in [-0.1, -0.05) is 13.3 Å². The monoisotopic (exact) mass is 335 g/mol. The molecule has 2 rings (SSSR count). The molecule has 2 N–H and O–H groups in total. The van der Waals surface area contributed by atoms with Crippen LogP contribution in [-0.2, 0) is 9.53 Å². The highest BCUT2D eigenvalue weighted by Gasteiger charge is 2.34. The highest BCUT2D eigenvalue weighted by molar-refractivity contribution is 5.97. The third kappa shape index (κ3) is 4.71. The zero-order chi connectivity index (χ0) is 17.6. The van der Waals surface area contributed by atoms with E-state index in [1.807, 2.05) is 6.92 Å². The highest BCUT2D eigenvalue weighted by Crippen LogP contribution is 2.19. The maximum Gasteiger partial charge on any atom is 0.329 e. The van der Waals surface area contributed by atoms with Crippen LogP contribution < -0.4 is 10.1 Å². The van der Waals surface area contributed by atoms with Gasteiger partial charge in [-0.05, 0) is 37.6 Å². The van der Waals surface area contributed by atoms with Gasteiger partial charge in [-0.2, -0.15) is 0 Å². The van der Waals surface area contributed by atoms with Crippen molar-refractivity contribution in [3.05, 3.63) is 29.8 Å². The first-order valence-electron chi connectivity index (χ1n) is 8.35. The van der Waals surface area contributed by atoms with Crippen molar-refractivity contribution in [2.75, 3.05) is 13.2 Å². The number of hydrogen-bond donors (Lipinski definition) is 2. The number of amides is 1. The predicted molar refractivity (Wildman–Crippen MR) is 89.3 cm³/mol. The Morgan fingerprint density at radius 2 is 1.92 bits per heavy atom. The number of carbonyl (C=O) groups excluding carboxylic acids is 1. The van der Waals surface area contributed by atoms with Gasteiger partial charge in [0.15, 0.2) is 0 Å². The zero-order valence-electron chi connectivity index (χ0n) is 14.2. The number of carboxylic acid groups (broad SMARTS) is 1. The van der Waals surface area contributed by atoms with Crippen LogP contribution in [0.3, 0.4) is 0 Å². The molecule has 0 aromatic heterocycles. The molecule has 1 aromatic carbocycles. The maximum atomic E-state index is 12.3. The summed E-state index contributed by atoms with van der Waals surface area (Å²) in [6, 6.07) is 6.78. The molecule has 1 saturated heterocycles. The lowest BCUT2D eigenvalue weighted by Gasteiger charge is -2.26. The standard InChI is InChI=1S/C18H25NO5/c1-3-10-18(2,17(21)22)19-16(20)13-4-6-14(7-5-13)24-15-8-11-23-12-9-15/h4-7,15H,3,8-12H2,1-2H3,(H,19,20)(H,21,22). The summed E-state index contributed by atoms with van der Waals surface area (Å²) in [5.41, 5.74) is -0.846. The Bertz CT molecular complexity index is 565. The number of ether oxygens (including phenoxy) is 2. The largest absolute Gasteiger partial charge is 0.490 e. The van der Waals surface area contributed by atoms with Gasteiger partial charge in [0.05, 0.1) is 13.2 Å². The Labute approximate surface area is 142 Å². The van der Waals surface area contributed by atoms with E-state index in [9.17, 15) is 14.7 Å². The fourth-order valence-corrected chi connectivity index (χ4v) is 2.72. The summed E-state index contributed by atoms with van der Waals surface area (Å²) in [7, 11) is 0. The van der Waals surface area contributed by atoms with Crippen LogP contribution in [-0.4, -0.2) is 41.8 Å². The van der Waals surface area contributed by atoms with E-state index < -0.39 is 17.4 Å². The van der Waals surface area contributed by atoms with Crippen LogP contribution in [0.15, 0.2) is 24.3 Å². The van der Waals surface area contributed by atoms with Crippen LogP contribution in [0, 0.1) is 0 Å². The van der Waals surface area contributed by atoms with E-state index in [0.29, 0.717) is 37.4 Å². The van der Waals surface area contributed by atoms with Gasteiger partial charge >= 0.3 is 5.97 Å². The Balaban J connectivity index is 1.98. The minimum absolute atomic E-state index is 0.137. The molecule has 0 bridgehead atoms. The molecular weight excluding hydrogens is 310 g/mol. The summed E-state index contributed by atoms with van der Waals surface area (Å²) >= 11 is 0. The molecule has 1 atom stereocenters. The fourth-order valence-electron chi connectivity index (χ4n) is 2.72. The second-order valence-electron chi connectivity index (χ2n) is 6.30. The van der Waals surface area contributed by atoms with Gasteiger partial charge in [-0.3, -0.25) is 4.79 Å². The molecule has 0 spiro atoms. The van der Waals surface area contributed by atoms with E-state index in [2.05, 4.69) is 5.32 Å². The van der Waals surface area contributed by atoms with Crippen LogP contribution in [0.25, 0.3) is 0 Å². The van der Waals surface area contributed by atoms with E-state index in [-0.39, 0.29) is 6.10 Å². The first-order valence-corrected chi connectivity index (χ1v) is 8.35. The Morgan fingerprint density at radius 1 is 1.29 bits per heavy atom. The van der Waals surface area contributed by atoms with E-state index in [1.54, 1.807) is 24.3 Å². The van der Waals surface area contributed by atoms with Gasteiger partial charge in [0, 0.05) is 18.4 Å². The van der Waals surface area contributed by atoms with Crippen LogP contribution >= 0.6 is 0 Å². The third-order valence-corrected chi connectivity index (χ3v) is 4.20. The van der Waals surface area contributed by atoms with Gasteiger partial charge in [-0.25, -0.2) is 4.79 Å². The van der Waals surface area contributed by atoms with Crippen LogP contribution in [0.2, 0.25) is 0 Å². The zero-order valence-corrected chi connectivity index (χ0v) is 14.2. The molecule has 0 radical (unpaired) electrons. The molecule has 1 aliphatic heterocycles. The average Bonchev–Trinajstić information content (AvgIpc) is 2.56. The number of carboxylic acids is 1. The smallest absolute Gasteiger partial charge is 0.329 e. The average molecular weight is 335 g/mol. The van der Waals surface area contributed by atoms with Crippen molar-refractivity contribution in [1.29, 1.82) is 0 Å². The normalized spacial score (nSPS) is 17.8. The molecular formula is C18H25NO5. The molecule has 0 saturated carbocycles. The number of aliphatic carboxylic acids is 1. The number of nitrogens with one attached hydrogen (secondary N) is 1. The van der Waals surface area contributed by atoms with Crippen molar-refractivity contribution < 1.29 is 24.2 Å². The van der Waals surface area contributed by atoms with Gasteiger partial charge < -0.3 is 19.9 Å². The number of carbonyl (C=O) groups is 2. The lowest BCUT2D eigenvalue weighted by atomic mass is 9.95. The Kier molecular flexibility index (Phi) is 6.20. The molecule has 1 aromatic rings. The van der Waals surface area contributed by atoms with Crippen molar-refractivity contribution in [2.45, 2.75) is 51.2 Å². The van der Waals surface area contributed by atoms with E-state index in [0.717, 1.165) is 12.8 Å². The fraction of sp³-hybridized carbons (Fsp3) is 0.556.